The highest BCUT2D eigenvalue weighted by Crippen LogP contribution is 2.28. The number of imide groups is 1. The first-order valence-electron chi connectivity index (χ1n) is 8.13. The Kier molecular flexibility index (Phi) is 5.32. The van der Waals surface area contributed by atoms with E-state index in [1.54, 1.807) is 24.3 Å². The van der Waals surface area contributed by atoms with Crippen molar-refractivity contribution in [3.8, 4) is 11.5 Å². The van der Waals surface area contributed by atoms with Crippen LogP contribution in [0.3, 0.4) is 0 Å². The molecule has 0 radical (unpaired) electrons. The minimum Gasteiger partial charge on any atom is -0.496 e. The van der Waals surface area contributed by atoms with Gasteiger partial charge in [-0.3, -0.25) is 19.3 Å². The molecule has 140 valence electrons. The molecule has 0 bridgehead atoms. The summed E-state index contributed by atoms with van der Waals surface area (Å²) in [7, 11) is 2.91. The highest BCUT2D eigenvalue weighted by atomic mass is 35.5. The quantitative estimate of drug-likeness (QED) is 0.768. The van der Waals surface area contributed by atoms with Crippen molar-refractivity contribution in [2.75, 3.05) is 27.3 Å². The minimum absolute atomic E-state index is 0.0349. The summed E-state index contributed by atoms with van der Waals surface area (Å²) in [5.74, 6) is -0.536. The van der Waals surface area contributed by atoms with Crippen LogP contribution in [-0.2, 0) is 0 Å². The van der Waals surface area contributed by atoms with E-state index in [2.05, 4.69) is 5.32 Å². The number of hydrogen-bond donors (Lipinski definition) is 1. The van der Waals surface area contributed by atoms with Crippen LogP contribution in [-0.4, -0.2) is 49.9 Å². The number of rotatable bonds is 6. The van der Waals surface area contributed by atoms with Crippen molar-refractivity contribution in [2.24, 2.45) is 0 Å². The molecule has 8 heteroatoms. The summed E-state index contributed by atoms with van der Waals surface area (Å²) in [5.41, 5.74) is 0.823. The summed E-state index contributed by atoms with van der Waals surface area (Å²) in [4.78, 5) is 38.4. The first-order chi connectivity index (χ1) is 13.0. The van der Waals surface area contributed by atoms with Crippen LogP contribution in [0.4, 0.5) is 0 Å². The van der Waals surface area contributed by atoms with Crippen molar-refractivity contribution in [2.45, 2.75) is 0 Å². The molecular weight excluding hydrogens is 372 g/mol. The molecule has 2 aromatic carbocycles. The summed E-state index contributed by atoms with van der Waals surface area (Å²) >= 11 is 5.89. The fourth-order valence-corrected chi connectivity index (χ4v) is 3.08. The number of nitrogens with zero attached hydrogens (tertiary/aromatic N) is 1. The topological polar surface area (TPSA) is 84.9 Å². The van der Waals surface area contributed by atoms with E-state index in [1.165, 1.54) is 26.4 Å². The number of carbonyl (C=O) groups excluding carboxylic acids is 3. The summed E-state index contributed by atoms with van der Waals surface area (Å²) in [6.07, 6.45) is 0. The maximum absolute atomic E-state index is 12.5. The van der Waals surface area contributed by atoms with Crippen LogP contribution in [0.2, 0.25) is 5.02 Å². The molecule has 1 aliphatic heterocycles. The molecule has 1 aliphatic rings. The lowest BCUT2D eigenvalue weighted by atomic mass is 10.1. The second-order valence-electron chi connectivity index (χ2n) is 5.75. The van der Waals surface area contributed by atoms with Crippen LogP contribution < -0.4 is 14.8 Å². The monoisotopic (exact) mass is 388 g/mol. The largest absolute Gasteiger partial charge is 0.496 e. The Labute approximate surface area is 160 Å². The van der Waals surface area contributed by atoms with Crippen LogP contribution in [0.15, 0.2) is 36.4 Å². The Morgan fingerprint density at radius 3 is 2.30 bits per heavy atom. The van der Waals surface area contributed by atoms with Gasteiger partial charge < -0.3 is 14.8 Å². The van der Waals surface area contributed by atoms with Crippen molar-refractivity contribution >= 4 is 29.3 Å². The van der Waals surface area contributed by atoms with E-state index in [0.29, 0.717) is 22.1 Å². The first-order valence-corrected chi connectivity index (χ1v) is 8.50. The average molecular weight is 389 g/mol. The number of amides is 3. The second kappa shape index (κ2) is 7.67. The lowest BCUT2D eigenvalue weighted by Crippen LogP contribution is -2.38. The van der Waals surface area contributed by atoms with E-state index >= 15 is 0 Å². The van der Waals surface area contributed by atoms with Crippen LogP contribution in [0, 0.1) is 0 Å². The number of nitrogens with one attached hydrogen (secondary N) is 1. The molecule has 27 heavy (non-hydrogen) atoms. The van der Waals surface area contributed by atoms with Gasteiger partial charge in [0.2, 0.25) is 0 Å². The molecule has 1 N–H and O–H groups in total. The zero-order valence-electron chi connectivity index (χ0n) is 14.7. The van der Waals surface area contributed by atoms with Gasteiger partial charge in [0.1, 0.15) is 17.1 Å². The number of fused-ring (bicyclic) bond motifs is 1. The van der Waals surface area contributed by atoms with Crippen molar-refractivity contribution in [3.05, 3.63) is 58.1 Å². The van der Waals surface area contributed by atoms with Gasteiger partial charge in [-0.1, -0.05) is 17.7 Å². The standard InChI is InChI=1S/C19H17ClN2O5/c1-26-14-4-3-5-15(27-2)16(14)17(23)21-8-9-22-18(24)12-7-6-11(20)10-13(12)19(22)25/h3-7,10H,8-9H2,1-2H3,(H,21,23). The predicted octanol–water partition coefficient (Wildman–Crippen LogP) is 2.38. The number of ether oxygens (including phenoxy) is 2. The van der Waals surface area contributed by atoms with Crippen molar-refractivity contribution in [3.63, 3.8) is 0 Å². The Morgan fingerprint density at radius 2 is 1.67 bits per heavy atom. The first kappa shape index (κ1) is 18.7. The fourth-order valence-electron chi connectivity index (χ4n) is 2.91. The van der Waals surface area contributed by atoms with Gasteiger partial charge in [0.25, 0.3) is 17.7 Å². The number of hydrogen-bond acceptors (Lipinski definition) is 5. The van der Waals surface area contributed by atoms with E-state index < -0.39 is 17.7 Å². The summed E-state index contributed by atoms with van der Waals surface area (Å²) in [5, 5.41) is 3.07. The van der Waals surface area contributed by atoms with Gasteiger partial charge in [-0.15, -0.1) is 0 Å². The Hall–Kier alpha value is -3.06. The molecule has 2 aromatic rings. The van der Waals surface area contributed by atoms with Gasteiger partial charge in [-0.25, -0.2) is 0 Å². The second-order valence-corrected chi connectivity index (χ2v) is 6.18. The molecule has 0 saturated carbocycles. The maximum Gasteiger partial charge on any atom is 0.261 e. The van der Waals surface area contributed by atoms with Gasteiger partial charge in [0.15, 0.2) is 0 Å². The van der Waals surface area contributed by atoms with Gasteiger partial charge in [0.05, 0.1) is 25.3 Å². The molecule has 3 rings (SSSR count). The van der Waals surface area contributed by atoms with Crippen LogP contribution >= 0.6 is 11.6 Å². The molecule has 1 heterocycles. The summed E-state index contributed by atoms with van der Waals surface area (Å²) in [6.45, 7) is 0.117. The van der Waals surface area contributed by atoms with E-state index in [9.17, 15) is 14.4 Å². The smallest absolute Gasteiger partial charge is 0.261 e. The van der Waals surface area contributed by atoms with Crippen LogP contribution in [0.25, 0.3) is 0 Å². The summed E-state index contributed by atoms with van der Waals surface area (Å²) in [6, 6.07) is 9.55. The normalized spacial score (nSPS) is 12.8. The molecular formula is C19H17ClN2O5. The highest BCUT2D eigenvalue weighted by Gasteiger charge is 2.35. The van der Waals surface area contributed by atoms with E-state index in [4.69, 9.17) is 21.1 Å². The third-order valence-electron chi connectivity index (χ3n) is 4.21. The minimum atomic E-state index is -0.429. The highest BCUT2D eigenvalue weighted by molar-refractivity contribution is 6.32. The Bertz CT molecular complexity index is 906. The predicted molar refractivity (Wildman–Crippen MR) is 98.7 cm³/mol. The molecule has 0 unspecified atom stereocenters. The van der Waals surface area contributed by atoms with Crippen LogP contribution in [0.5, 0.6) is 11.5 Å². The van der Waals surface area contributed by atoms with Crippen molar-refractivity contribution in [1.29, 1.82) is 0 Å². The molecule has 0 atom stereocenters. The maximum atomic E-state index is 12.5. The third-order valence-corrected chi connectivity index (χ3v) is 4.44. The number of carbonyl (C=O) groups is 3. The number of benzene rings is 2. The lowest BCUT2D eigenvalue weighted by molar-refractivity contribution is 0.0649. The van der Waals surface area contributed by atoms with Crippen LogP contribution in [0.1, 0.15) is 31.1 Å². The molecule has 0 aromatic heterocycles. The van der Waals surface area contributed by atoms with Gasteiger partial charge in [-0.2, -0.15) is 0 Å². The Balaban J connectivity index is 1.68. The van der Waals surface area contributed by atoms with Crippen molar-refractivity contribution < 1.29 is 23.9 Å². The van der Waals surface area contributed by atoms with E-state index in [1.807, 2.05) is 0 Å². The SMILES string of the molecule is COc1cccc(OC)c1C(=O)NCCN1C(=O)c2ccc(Cl)cc2C1=O. The molecule has 0 fully saturated rings. The fraction of sp³-hybridized carbons (Fsp3) is 0.211. The van der Waals surface area contributed by atoms with Gasteiger partial charge >= 0.3 is 0 Å². The molecule has 7 nitrogen and oxygen atoms in total. The average Bonchev–Trinajstić information content (AvgIpc) is 2.91. The lowest BCUT2D eigenvalue weighted by Gasteiger charge is -2.16. The van der Waals surface area contributed by atoms with Gasteiger partial charge in [0, 0.05) is 18.1 Å². The van der Waals surface area contributed by atoms with E-state index in [-0.39, 0.29) is 24.2 Å². The zero-order chi connectivity index (χ0) is 19.6. The third kappa shape index (κ3) is 3.46. The molecule has 0 saturated heterocycles. The summed E-state index contributed by atoms with van der Waals surface area (Å²) < 4.78 is 10.4. The number of methoxy groups -OCH3 is 2. The van der Waals surface area contributed by atoms with E-state index in [0.717, 1.165) is 4.90 Å². The van der Waals surface area contributed by atoms with Crippen molar-refractivity contribution in [1.82, 2.24) is 10.2 Å². The zero-order valence-corrected chi connectivity index (χ0v) is 15.5. The molecule has 0 spiro atoms. The Morgan fingerprint density at radius 1 is 1.04 bits per heavy atom. The number of halogens is 1. The molecule has 3 amide bonds. The van der Waals surface area contributed by atoms with Gasteiger partial charge in [-0.05, 0) is 30.3 Å². The molecule has 0 aliphatic carbocycles.